The number of nitrogens with zero attached hydrogens (tertiary/aromatic N) is 2. The standard InChI is InChI=1S/C27H30FN3O5/c1-16-11-30(12-17(2)36-16)13-18-6-7-22(28)19(10-18)15-35-24-5-3-4-20-21(24)14-31(27(20)34)23-8-9-25(32)29-26(23)33/h3-7,10,16-17,23H,8-9,11-15H2,1-2H3,(H,29,32,33)/i8D2,9D2,15D2,23D. The zero-order chi connectivity index (χ0) is 31.7. The molecule has 9 heteroatoms. The molecule has 5 rings (SSSR count). The van der Waals surface area contributed by atoms with Crippen molar-refractivity contribution < 1.29 is 37.8 Å². The topological polar surface area (TPSA) is 88.2 Å². The molecule has 0 radical (unpaired) electrons. The third-order valence-corrected chi connectivity index (χ3v) is 6.13. The first kappa shape index (κ1) is 17.2. The smallest absolute Gasteiger partial charge is 0.255 e. The van der Waals surface area contributed by atoms with Gasteiger partial charge in [0, 0.05) is 48.2 Å². The zero-order valence-corrected chi connectivity index (χ0v) is 19.8. The summed E-state index contributed by atoms with van der Waals surface area (Å²) >= 11 is 0. The van der Waals surface area contributed by atoms with E-state index < -0.39 is 61.0 Å². The van der Waals surface area contributed by atoms with Crippen molar-refractivity contribution in [1.82, 2.24) is 15.1 Å². The summed E-state index contributed by atoms with van der Waals surface area (Å²) in [4.78, 5) is 40.8. The van der Waals surface area contributed by atoms with E-state index in [-0.39, 0.29) is 29.1 Å². The first-order chi connectivity index (χ1) is 19.9. The molecule has 2 fully saturated rings. The third-order valence-electron chi connectivity index (χ3n) is 6.13. The number of halogens is 1. The molecule has 3 aliphatic rings. The first-order valence-electron chi connectivity index (χ1n) is 15.1. The number of nitrogens with one attached hydrogen (secondary N) is 1. The molecule has 8 nitrogen and oxygen atoms in total. The van der Waals surface area contributed by atoms with E-state index in [1.807, 2.05) is 13.8 Å². The predicted octanol–water partition coefficient (Wildman–Crippen LogP) is 2.77. The van der Waals surface area contributed by atoms with Gasteiger partial charge in [0.2, 0.25) is 11.8 Å². The molecule has 190 valence electrons. The van der Waals surface area contributed by atoms with Gasteiger partial charge in [-0.3, -0.25) is 24.6 Å². The predicted molar refractivity (Wildman–Crippen MR) is 129 cm³/mol. The van der Waals surface area contributed by atoms with Gasteiger partial charge in [0.1, 0.15) is 24.1 Å². The number of amides is 3. The molecule has 0 bridgehead atoms. The van der Waals surface area contributed by atoms with Crippen molar-refractivity contribution in [3.8, 4) is 5.75 Å². The zero-order valence-electron chi connectivity index (χ0n) is 26.8. The average Bonchev–Trinajstić information content (AvgIpc) is 3.25. The highest BCUT2D eigenvalue weighted by Crippen LogP contribution is 2.34. The van der Waals surface area contributed by atoms with Crippen LogP contribution < -0.4 is 10.1 Å². The summed E-state index contributed by atoms with van der Waals surface area (Å²) in [5, 5.41) is 1.64. The molecule has 3 amide bonds. The monoisotopic (exact) mass is 502 g/mol. The molecule has 2 saturated heterocycles. The van der Waals surface area contributed by atoms with E-state index in [9.17, 15) is 14.4 Å². The van der Waals surface area contributed by atoms with Gasteiger partial charge in [-0.1, -0.05) is 12.1 Å². The van der Waals surface area contributed by atoms with E-state index >= 15 is 4.39 Å². The van der Waals surface area contributed by atoms with E-state index in [0.29, 0.717) is 30.1 Å². The molecule has 2 aromatic rings. The number of piperidine rings is 1. The summed E-state index contributed by atoms with van der Waals surface area (Å²) in [6, 6.07) is 4.80. The minimum absolute atomic E-state index is 0.00200. The lowest BCUT2D eigenvalue weighted by Gasteiger charge is -2.35. The molecule has 36 heavy (non-hydrogen) atoms. The van der Waals surface area contributed by atoms with Crippen LogP contribution in [0.25, 0.3) is 0 Å². The van der Waals surface area contributed by atoms with E-state index in [4.69, 9.17) is 19.1 Å². The number of rotatable bonds is 6. The molecule has 2 aromatic carbocycles. The Bertz CT molecular complexity index is 1500. The van der Waals surface area contributed by atoms with E-state index in [1.54, 1.807) is 11.4 Å². The number of hydrogen-bond acceptors (Lipinski definition) is 6. The van der Waals surface area contributed by atoms with Crippen LogP contribution in [0, 0.1) is 5.82 Å². The second-order valence-corrected chi connectivity index (χ2v) is 9.03. The maximum atomic E-state index is 15.0. The molecule has 0 spiro atoms. The van der Waals surface area contributed by atoms with Crippen LogP contribution in [0.1, 0.15) is 63.2 Å². The van der Waals surface area contributed by atoms with Crippen LogP contribution in [-0.4, -0.2) is 58.8 Å². The molecule has 0 aliphatic carbocycles. The minimum atomic E-state index is -3.47. The van der Waals surface area contributed by atoms with Gasteiger partial charge < -0.3 is 14.4 Å². The Kier molecular flexibility index (Phi) is 4.77. The van der Waals surface area contributed by atoms with Gasteiger partial charge in [0.05, 0.1) is 22.9 Å². The molecular formula is C27H30FN3O5. The van der Waals surface area contributed by atoms with E-state index in [0.717, 1.165) is 6.07 Å². The molecule has 1 N–H and O–H groups in total. The Labute approximate surface area is 219 Å². The van der Waals surface area contributed by atoms with Crippen LogP contribution >= 0.6 is 0 Å². The Morgan fingerprint density at radius 1 is 1.22 bits per heavy atom. The van der Waals surface area contributed by atoms with Crippen molar-refractivity contribution >= 4 is 17.7 Å². The largest absolute Gasteiger partial charge is 0.488 e. The summed E-state index contributed by atoms with van der Waals surface area (Å²) in [6.07, 6.45) is -6.81. The molecule has 3 heterocycles. The summed E-state index contributed by atoms with van der Waals surface area (Å²) in [6.45, 7) is 2.20. The van der Waals surface area contributed by atoms with Crippen LogP contribution in [0.15, 0.2) is 36.4 Å². The van der Waals surface area contributed by atoms with Crippen LogP contribution in [0.3, 0.4) is 0 Å². The van der Waals surface area contributed by atoms with Crippen molar-refractivity contribution in [2.45, 2.75) is 64.5 Å². The van der Waals surface area contributed by atoms with Gasteiger partial charge in [-0.05, 0) is 50.0 Å². The van der Waals surface area contributed by atoms with Crippen molar-refractivity contribution in [2.24, 2.45) is 0 Å². The van der Waals surface area contributed by atoms with Crippen molar-refractivity contribution in [1.29, 1.82) is 0 Å². The van der Waals surface area contributed by atoms with E-state index in [2.05, 4.69) is 4.90 Å². The highest BCUT2D eigenvalue weighted by molar-refractivity contribution is 6.05. The summed E-state index contributed by atoms with van der Waals surface area (Å²) < 4.78 is 84.7. The van der Waals surface area contributed by atoms with Crippen LogP contribution in [0.5, 0.6) is 5.75 Å². The fourth-order valence-electron chi connectivity index (χ4n) is 4.67. The molecule has 0 saturated carbocycles. The quantitative estimate of drug-likeness (QED) is 0.612. The molecule has 0 aromatic heterocycles. The highest BCUT2D eigenvalue weighted by Gasteiger charge is 2.40. The maximum absolute atomic E-state index is 15.0. The SMILES string of the molecule is [2H]C([2H])(Oc1cccc2c1CN(C1([2H])C(=O)NC(=O)C([2H])([2H])C1([2H])[2H])C2=O)c1cc(CN2CC(C)OC(C)C2)ccc1F. The Morgan fingerprint density at radius 2 is 2.00 bits per heavy atom. The molecule has 3 aliphatic heterocycles. The maximum Gasteiger partial charge on any atom is 0.255 e. The number of imide groups is 1. The normalized spacial score (nSPS) is 32.7. The Hall–Kier alpha value is -3.30. The summed E-state index contributed by atoms with van der Waals surface area (Å²) in [5.74, 6) is -5.22. The lowest BCUT2D eigenvalue weighted by molar-refractivity contribution is -0.136. The van der Waals surface area contributed by atoms with Gasteiger partial charge >= 0.3 is 0 Å². The van der Waals surface area contributed by atoms with Crippen molar-refractivity contribution in [3.05, 3.63) is 64.5 Å². The first-order valence-corrected chi connectivity index (χ1v) is 11.6. The number of benzene rings is 2. The number of morpholine rings is 1. The lowest BCUT2D eigenvalue weighted by Crippen LogP contribution is -2.52. The number of fused-ring (bicyclic) bond motifs is 1. The average molecular weight is 503 g/mol. The van der Waals surface area contributed by atoms with Crippen LogP contribution in [0.2, 0.25) is 0 Å². The lowest BCUT2D eigenvalue weighted by atomic mass is 10.0. The van der Waals surface area contributed by atoms with Gasteiger partial charge in [-0.15, -0.1) is 0 Å². The third kappa shape index (κ3) is 4.99. The second-order valence-electron chi connectivity index (χ2n) is 9.03. The Balaban J connectivity index is 1.44. The van der Waals surface area contributed by atoms with Gasteiger partial charge in [-0.2, -0.15) is 0 Å². The Morgan fingerprint density at radius 3 is 2.78 bits per heavy atom. The molecule has 3 atom stereocenters. The fraction of sp³-hybridized carbons (Fsp3) is 0.444. The highest BCUT2D eigenvalue weighted by atomic mass is 19.1. The molecular weight excluding hydrogens is 465 g/mol. The van der Waals surface area contributed by atoms with Crippen molar-refractivity contribution in [3.63, 3.8) is 0 Å². The molecule has 3 unspecified atom stereocenters. The summed E-state index contributed by atoms with van der Waals surface area (Å²) in [5.41, 5.74) is 0.0720. The van der Waals surface area contributed by atoms with Gasteiger partial charge in [0.15, 0.2) is 0 Å². The van der Waals surface area contributed by atoms with Gasteiger partial charge in [-0.25, -0.2) is 4.39 Å². The second kappa shape index (κ2) is 9.99. The minimum Gasteiger partial charge on any atom is -0.488 e. The van der Waals surface area contributed by atoms with E-state index in [1.165, 1.54) is 24.3 Å². The number of hydrogen-bond donors (Lipinski definition) is 1. The van der Waals surface area contributed by atoms with Crippen LogP contribution in [0.4, 0.5) is 4.39 Å². The van der Waals surface area contributed by atoms with Gasteiger partial charge in [0.25, 0.3) is 5.91 Å². The number of ether oxygens (including phenoxy) is 2. The fourth-order valence-corrected chi connectivity index (χ4v) is 4.67. The van der Waals surface area contributed by atoms with Crippen molar-refractivity contribution in [2.75, 3.05) is 13.1 Å². The van der Waals surface area contributed by atoms with Crippen LogP contribution in [-0.2, 0) is 34.0 Å². The summed E-state index contributed by atoms with van der Waals surface area (Å²) in [7, 11) is 0. The number of carbonyl (C=O) groups is 3. The number of carbonyl (C=O) groups excluding carboxylic acids is 3.